The predicted octanol–water partition coefficient (Wildman–Crippen LogP) is -0.752. The molecule has 0 spiro atoms. The van der Waals surface area contributed by atoms with Crippen molar-refractivity contribution in [2.45, 2.75) is 25.2 Å². The molecule has 1 aliphatic heterocycles. The Morgan fingerprint density at radius 2 is 2.33 bits per heavy atom. The van der Waals surface area contributed by atoms with Crippen LogP contribution in [0.4, 0.5) is 0 Å². The molecule has 1 unspecified atom stereocenters. The molecule has 0 aliphatic carbocycles. The monoisotopic (exact) mass is 274 g/mol. The van der Waals surface area contributed by atoms with E-state index < -0.39 is 25.7 Å². The molecule has 0 saturated carbocycles. The minimum atomic E-state index is -2.89. The topological polar surface area (TPSA) is 113 Å². The van der Waals surface area contributed by atoms with E-state index >= 15 is 0 Å². The number of ether oxygens (including phenoxy) is 1. The fourth-order valence-electron chi connectivity index (χ4n) is 1.81. The Kier molecular flexibility index (Phi) is 4.03. The van der Waals surface area contributed by atoms with Crippen molar-refractivity contribution in [2.75, 3.05) is 6.61 Å². The van der Waals surface area contributed by atoms with Crippen LogP contribution >= 0.6 is 8.25 Å². The molecule has 0 aromatic carbocycles. The first kappa shape index (κ1) is 13.1. The van der Waals surface area contributed by atoms with Crippen molar-refractivity contribution in [3.05, 3.63) is 33.1 Å². The summed E-state index contributed by atoms with van der Waals surface area (Å²) in [6.07, 6.45) is 1.60. The molecule has 1 aromatic rings. The molecule has 1 aliphatic rings. The zero-order chi connectivity index (χ0) is 13.1. The summed E-state index contributed by atoms with van der Waals surface area (Å²) in [6, 6.07) is 1.23. The number of nitrogens with zero attached hydrogens (tertiary/aromatic N) is 1. The van der Waals surface area contributed by atoms with E-state index in [1.165, 1.54) is 16.8 Å². The van der Waals surface area contributed by atoms with Gasteiger partial charge in [-0.1, -0.05) is 0 Å². The highest BCUT2D eigenvalue weighted by Crippen LogP contribution is 2.28. The average molecular weight is 274 g/mol. The Bertz CT molecular complexity index is 552. The van der Waals surface area contributed by atoms with Gasteiger partial charge in [0.25, 0.3) is 5.56 Å². The van der Waals surface area contributed by atoms with Gasteiger partial charge in [0.05, 0.1) is 6.10 Å². The third-order valence-electron chi connectivity index (χ3n) is 2.61. The van der Waals surface area contributed by atoms with Crippen LogP contribution in [0, 0.1) is 0 Å². The van der Waals surface area contributed by atoms with Crippen molar-refractivity contribution in [1.82, 2.24) is 9.55 Å². The number of nitrogens with one attached hydrogen (secondary N) is 1. The molecule has 8 nitrogen and oxygen atoms in total. The first-order chi connectivity index (χ1) is 8.56. The molecule has 0 bridgehead atoms. The Labute approximate surface area is 102 Å². The zero-order valence-corrected chi connectivity index (χ0v) is 10.2. The van der Waals surface area contributed by atoms with E-state index in [9.17, 15) is 19.0 Å². The summed E-state index contributed by atoms with van der Waals surface area (Å²) < 4.78 is 21.4. The maximum absolute atomic E-state index is 11.5. The van der Waals surface area contributed by atoms with Gasteiger partial charge >= 0.3 is 13.9 Å². The van der Waals surface area contributed by atoms with E-state index in [1.807, 2.05) is 0 Å². The Morgan fingerprint density at radius 3 is 3.00 bits per heavy atom. The van der Waals surface area contributed by atoms with Gasteiger partial charge in [0.1, 0.15) is 12.8 Å². The SMILES string of the molecule is O=c1ccn([C@H]2CC[C@@H](CO[P+](=O)[O-])O2)c(=O)[nH]1. The Hall–Kier alpha value is -1.34. The van der Waals surface area contributed by atoms with Gasteiger partial charge in [0.2, 0.25) is 0 Å². The molecule has 1 N–H and O–H groups in total. The van der Waals surface area contributed by atoms with Crippen molar-refractivity contribution in [1.29, 1.82) is 0 Å². The van der Waals surface area contributed by atoms with Crippen LogP contribution in [-0.4, -0.2) is 22.3 Å². The molecule has 0 radical (unpaired) electrons. The first-order valence-electron chi connectivity index (χ1n) is 5.30. The maximum Gasteiger partial charge on any atom is 0.488 e. The number of aromatic amines is 1. The van der Waals surface area contributed by atoms with Gasteiger partial charge in [-0.2, -0.15) is 0 Å². The summed E-state index contributed by atoms with van der Waals surface area (Å²) in [5, 5.41) is 0. The molecular weight excluding hydrogens is 263 g/mol. The summed E-state index contributed by atoms with van der Waals surface area (Å²) in [5.41, 5.74) is -1.03. The van der Waals surface area contributed by atoms with Crippen LogP contribution in [0.5, 0.6) is 0 Å². The van der Waals surface area contributed by atoms with Gasteiger partial charge < -0.3 is 9.63 Å². The highest BCUT2D eigenvalue weighted by Gasteiger charge is 2.28. The molecule has 3 atom stereocenters. The summed E-state index contributed by atoms with van der Waals surface area (Å²) in [5.74, 6) is 0. The highest BCUT2D eigenvalue weighted by atomic mass is 31.1. The van der Waals surface area contributed by atoms with Gasteiger partial charge in [-0.25, -0.2) is 4.79 Å². The van der Waals surface area contributed by atoms with Gasteiger partial charge in [-0.15, -0.1) is 4.52 Å². The molecule has 98 valence electrons. The molecule has 1 saturated heterocycles. The van der Waals surface area contributed by atoms with E-state index in [1.54, 1.807) is 0 Å². The van der Waals surface area contributed by atoms with E-state index in [-0.39, 0.29) is 12.7 Å². The van der Waals surface area contributed by atoms with Crippen LogP contribution in [0.2, 0.25) is 0 Å². The zero-order valence-electron chi connectivity index (χ0n) is 9.27. The van der Waals surface area contributed by atoms with Gasteiger partial charge in [-0.05, 0) is 17.4 Å². The predicted molar refractivity (Wildman–Crippen MR) is 58.0 cm³/mol. The van der Waals surface area contributed by atoms with Crippen molar-refractivity contribution >= 4 is 8.25 Å². The van der Waals surface area contributed by atoms with E-state index in [0.29, 0.717) is 12.8 Å². The number of aromatic nitrogens is 2. The van der Waals surface area contributed by atoms with Crippen LogP contribution in [0.1, 0.15) is 19.1 Å². The summed E-state index contributed by atoms with van der Waals surface area (Å²) in [7, 11) is -2.89. The molecule has 0 amide bonds. The lowest BCUT2D eigenvalue weighted by Gasteiger charge is -2.14. The number of hydrogen-bond acceptors (Lipinski definition) is 6. The minimum Gasteiger partial charge on any atom is -0.566 e. The Morgan fingerprint density at radius 1 is 1.56 bits per heavy atom. The lowest BCUT2D eigenvalue weighted by molar-refractivity contribution is -0.188. The first-order valence-corrected chi connectivity index (χ1v) is 6.40. The smallest absolute Gasteiger partial charge is 0.488 e. The quantitative estimate of drug-likeness (QED) is 0.722. The second-order valence-electron chi connectivity index (χ2n) is 3.83. The summed E-state index contributed by atoms with van der Waals surface area (Å²) in [6.45, 7) is -0.0622. The molecule has 18 heavy (non-hydrogen) atoms. The van der Waals surface area contributed by atoms with Crippen molar-refractivity contribution in [3.8, 4) is 0 Å². The van der Waals surface area contributed by atoms with Crippen LogP contribution < -0.4 is 16.1 Å². The van der Waals surface area contributed by atoms with Crippen molar-refractivity contribution in [2.24, 2.45) is 0 Å². The molecule has 1 fully saturated rings. The fourth-order valence-corrected chi connectivity index (χ4v) is 2.10. The van der Waals surface area contributed by atoms with E-state index in [2.05, 4.69) is 9.51 Å². The summed E-state index contributed by atoms with van der Waals surface area (Å²) >= 11 is 0. The number of H-pyrrole nitrogens is 1. The highest BCUT2D eigenvalue weighted by molar-refractivity contribution is 7.30. The lowest BCUT2D eigenvalue weighted by Crippen LogP contribution is -2.31. The number of rotatable bonds is 4. The third-order valence-corrected chi connectivity index (χ3v) is 2.97. The largest absolute Gasteiger partial charge is 0.566 e. The van der Waals surface area contributed by atoms with Crippen LogP contribution in [-0.2, 0) is 13.8 Å². The van der Waals surface area contributed by atoms with E-state index in [0.717, 1.165) is 0 Å². The van der Waals surface area contributed by atoms with Crippen molar-refractivity contribution in [3.63, 3.8) is 0 Å². The average Bonchev–Trinajstić information content (AvgIpc) is 2.75. The fraction of sp³-hybridized carbons (Fsp3) is 0.556. The van der Waals surface area contributed by atoms with Gasteiger partial charge in [0, 0.05) is 12.3 Å². The molecular formula is C9H11N2O6P. The summed E-state index contributed by atoms with van der Waals surface area (Å²) in [4.78, 5) is 34.8. The van der Waals surface area contributed by atoms with Gasteiger partial charge in [-0.3, -0.25) is 14.3 Å². The third kappa shape index (κ3) is 3.11. The lowest BCUT2D eigenvalue weighted by atomic mass is 10.2. The molecule has 9 heteroatoms. The molecule has 2 heterocycles. The standard InChI is InChI=1S/C9H11N2O6P/c12-7-3-4-11(9(13)10-7)8-2-1-6(17-8)5-16-18(14)15/h3-4,6,8H,1-2,5H2,(H,10,12,13)/t6-,8+/m0/s1. The second-order valence-corrected chi connectivity index (χ2v) is 4.53. The maximum atomic E-state index is 11.5. The van der Waals surface area contributed by atoms with E-state index in [4.69, 9.17) is 4.74 Å². The normalized spacial score (nSPS) is 24.2. The molecule has 2 rings (SSSR count). The van der Waals surface area contributed by atoms with Crippen LogP contribution in [0.15, 0.2) is 21.9 Å². The van der Waals surface area contributed by atoms with Gasteiger partial charge in [0.15, 0.2) is 0 Å². The van der Waals surface area contributed by atoms with Crippen molar-refractivity contribution < 1.29 is 18.7 Å². The van der Waals surface area contributed by atoms with Crippen LogP contribution in [0.25, 0.3) is 0 Å². The second kappa shape index (κ2) is 5.53. The Balaban J connectivity index is 2.02. The molecule has 1 aromatic heterocycles. The minimum absolute atomic E-state index is 0.0622. The van der Waals surface area contributed by atoms with Crippen LogP contribution in [0.3, 0.4) is 0 Å². The number of hydrogen-bond donors (Lipinski definition) is 1.